The lowest BCUT2D eigenvalue weighted by Gasteiger charge is -2.40. The highest BCUT2D eigenvalue weighted by molar-refractivity contribution is 7.54. The highest BCUT2D eigenvalue weighted by atomic mass is 31.2. The molecule has 2 unspecified atom stereocenters. The minimum atomic E-state index is -4.01. The van der Waals surface area contributed by atoms with Crippen LogP contribution >= 0.6 is 15.2 Å². The predicted molar refractivity (Wildman–Crippen MR) is 288 cm³/mol. The summed E-state index contributed by atoms with van der Waals surface area (Å²) in [5.41, 5.74) is 10.2. The van der Waals surface area contributed by atoms with E-state index in [9.17, 15) is 18.9 Å². The number of hydrogen-bond acceptors (Lipinski definition) is 10. The molecule has 14 heteroatoms. The largest absolute Gasteiger partial charge is 0.493 e. The van der Waals surface area contributed by atoms with Crippen molar-refractivity contribution in [1.29, 1.82) is 0 Å². The van der Waals surface area contributed by atoms with Crippen LogP contribution in [0.1, 0.15) is 187 Å². The molecule has 2 fully saturated rings. The minimum absolute atomic E-state index is 0.165. The van der Waals surface area contributed by atoms with Gasteiger partial charge < -0.3 is 37.8 Å². The molecule has 0 radical (unpaired) electrons. The summed E-state index contributed by atoms with van der Waals surface area (Å²) in [6.07, 6.45) is 13.2. The zero-order valence-corrected chi connectivity index (χ0v) is 46.0. The smallest absolute Gasteiger partial charge is 0.347 e. The highest BCUT2D eigenvalue weighted by Gasteiger charge is 2.50. The number of para-hydroxylation sites is 2. The zero-order valence-electron chi connectivity index (χ0n) is 44.2. The first kappa shape index (κ1) is 56.0. The Morgan fingerprint density at radius 1 is 0.444 bits per heavy atom. The van der Waals surface area contributed by atoms with Crippen molar-refractivity contribution in [1.82, 2.24) is 10.6 Å². The van der Waals surface area contributed by atoms with E-state index >= 15 is 0 Å². The van der Waals surface area contributed by atoms with Gasteiger partial charge in [-0.25, -0.2) is 0 Å². The van der Waals surface area contributed by atoms with Gasteiger partial charge in [-0.05, 0) is 121 Å². The minimum Gasteiger partial charge on any atom is -0.493 e. The summed E-state index contributed by atoms with van der Waals surface area (Å²) in [4.78, 5) is 23.0. The van der Waals surface area contributed by atoms with Crippen molar-refractivity contribution in [3.63, 3.8) is 0 Å². The van der Waals surface area contributed by atoms with E-state index in [1.165, 1.54) is 0 Å². The summed E-state index contributed by atoms with van der Waals surface area (Å²) in [6, 6.07) is 21.7. The van der Waals surface area contributed by atoms with Crippen LogP contribution in [0.25, 0.3) is 0 Å². The van der Waals surface area contributed by atoms with Gasteiger partial charge in [-0.1, -0.05) is 127 Å². The average molecular weight is 1030 g/mol. The van der Waals surface area contributed by atoms with Crippen molar-refractivity contribution in [2.24, 2.45) is 0 Å². The normalized spacial score (nSPS) is 18.1. The maximum Gasteiger partial charge on any atom is 0.347 e. The molecule has 12 nitrogen and oxygen atoms in total. The Morgan fingerprint density at radius 3 is 0.986 bits per heavy atom. The molecule has 0 heterocycles. The van der Waals surface area contributed by atoms with Crippen molar-refractivity contribution >= 4 is 15.2 Å². The van der Waals surface area contributed by atoms with E-state index in [0.29, 0.717) is 90.9 Å². The van der Waals surface area contributed by atoms with Gasteiger partial charge in [0.25, 0.3) is 0 Å². The maximum atomic E-state index is 14.0. The van der Waals surface area contributed by atoms with E-state index in [1.807, 2.05) is 0 Å². The van der Waals surface area contributed by atoms with Crippen molar-refractivity contribution in [2.75, 3.05) is 39.6 Å². The van der Waals surface area contributed by atoms with Crippen LogP contribution in [0.5, 0.6) is 23.0 Å². The van der Waals surface area contributed by atoms with Gasteiger partial charge in [0.15, 0.2) is 0 Å². The van der Waals surface area contributed by atoms with E-state index in [1.54, 1.807) is 13.8 Å². The van der Waals surface area contributed by atoms with E-state index in [-0.39, 0.29) is 13.2 Å². The van der Waals surface area contributed by atoms with Crippen LogP contribution in [0.2, 0.25) is 0 Å². The lowest BCUT2D eigenvalue weighted by Crippen LogP contribution is -2.46. The van der Waals surface area contributed by atoms with Crippen molar-refractivity contribution in [3.8, 4) is 23.0 Å². The Morgan fingerprint density at radius 2 is 0.722 bits per heavy atom. The molecule has 7 rings (SSSR count). The molecule has 4 aromatic carbocycles. The average Bonchev–Trinajstić information content (AvgIpc) is 3.37. The Bertz CT molecular complexity index is 2240. The first-order valence-electron chi connectivity index (χ1n) is 27.3. The summed E-state index contributed by atoms with van der Waals surface area (Å²) in [5, 5.41) is 5.22. The number of fused-ring (bicyclic) bond motifs is 8. The summed E-state index contributed by atoms with van der Waals surface area (Å²) in [6.45, 7) is 15.3. The summed E-state index contributed by atoms with van der Waals surface area (Å²) < 4.78 is 66.7. The van der Waals surface area contributed by atoms with E-state index < -0.39 is 25.8 Å². The molecular formula is C58H84N2O10P2. The molecular weight excluding hydrogens is 947 g/mol. The third kappa shape index (κ3) is 13.2. The van der Waals surface area contributed by atoms with E-state index in [2.05, 4.69) is 99.0 Å². The lowest BCUT2D eigenvalue weighted by atomic mass is 9.89. The Kier molecular flexibility index (Phi) is 20.4. The molecule has 8 bridgehead atoms. The van der Waals surface area contributed by atoms with Crippen LogP contribution in [-0.4, -0.2) is 60.0 Å². The fraction of sp³-hybridized carbons (Fsp3) is 0.586. The first-order valence-corrected chi connectivity index (χ1v) is 30.5. The molecule has 4 N–H and O–H groups in total. The van der Waals surface area contributed by atoms with Gasteiger partial charge in [0.05, 0.1) is 39.6 Å². The van der Waals surface area contributed by atoms with Crippen LogP contribution in [0.4, 0.5) is 0 Å². The first-order chi connectivity index (χ1) is 34.9. The number of ether oxygens (including phenoxy) is 4. The zero-order chi connectivity index (χ0) is 51.2. The molecule has 72 heavy (non-hydrogen) atoms. The molecule has 2 saturated carbocycles. The monoisotopic (exact) mass is 1030 g/mol. The van der Waals surface area contributed by atoms with E-state index in [0.717, 1.165) is 143 Å². The second-order valence-electron chi connectivity index (χ2n) is 20.2. The summed E-state index contributed by atoms with van der Waals surface area (Å²) >= 11 is 0. The van der Waals surface area contributed by atoms with Gasteiger partial charge in [0.1, 0.15) is 33.6 Å². The fourth-order valence-electron chi connectivity index (χ4n) is 11.1. The second kappa shape index (κ2) is 26.2. The number of rotatable bonds is 24. The molecule has 4 aromatic rings. The van der Waals surface area contributed by atoms with Gasteiger partial charge in [0.2, 0.25) is 0 Å². The van der Waals surface area contributed by atoms with Crippen LogP contribution in [0.3, 0.4) is 0 Å². The van der Waals surface area contributed by atoms with Crippen LogP contribution in [0, 0.1) is 0 Å². The van der Waals surface area contributed by atoms with E-state index in [4.69, 9.17) is 28.0 Å². The Labute approximate surface area is 430 Å². The van der Waals surface area contributed by atoms with Gasteiger partial charge in [-0.3, -0.25) is 19.8 Å². The van der Waals surface area contributed by atoms with Crippen molar-refractivity contribution in [3.05, 3.63) is 116 Å². The number of nitrogens with one attached hydrogen (secondary N) is 2. The topological polar surface area (TPSA) is 154 Å². The third-order valence-electron chi connectivity index (χ3n) is 14.6. The fourth-order valence-corrected chi connectivity index (χ4v) is 14.6. The van der Waals surface area contributed by atoms with Crippen molar-refractivity contribution in [2.45, 2.75) is 181 Å². The summed E-state index contributed by atoms with van der Waals surface area (Å²) in [7, 11) is -8.02. The maximum absolute atomic E-state index is 14.0. The number of hydrogen-bond donors (Lipinski definition) is 4. The van der Waals surface area contributed by atoms with Crippen LogP contribution in [0.15, 0.2) is 60.7 Å². The SMILES string of the molecule is CCCOc1c2cccc1Cc1cc(CNC3(P(=O)(O)OCC)CCCCC3)cc(c1OCCC)Cc1cccc(c1OCCC)Cc1cc(CNC3(P(=O)(O)OCC)CCCCC3)cc(c1OCCC)C2. The van der Waals surface area contributed by atoms with Crippen LogP contribution < -0.4 is 29.6 Å². The summed E-state index contributed by atoms with van der Waals surface area (Å²) in [5.74, 6) is 3.35. The predicted octanol–water partition coefficient (Wildman–Crippen LogP) is 13.5. The quantitative estimate of drug-likeness (QED) is 0.0435. The molecule has 396 valence electrons. The Balaban J connectivity index is 1.43. The van der Waals surface area contributed by atoms with Gasteiger partial charge >= 0.3 is 15.2 Å². The molecule has 0 aliphatic heterocycles. The molecule has 0 spiro atoms. The molecule has 0 amide bonds. The molecule has 3 aliphatic rings. The highest BCUT2D eigenvalue weighted by Crippen LogP contribution is 2.61. The molecule has 0 aromatic heterocycles. The molecule has 3 aliphatic carbocycles. The second-order valence-corrected chi connectivity index (χ2v) is 24.5. The van der Waals surface area contributed by atoms with Gasteiger partial charge in [-0.2, -0.15) is 0 Å². The van der Waals surface area contributed by atoms with Crippen LogP contribution in [-0.2, 0) is 57.0 Å². The molecule has 0 saturated heterocycles. The third-order valence-corrected chi connectivity index (χ3v) is 19.2. The van der Waals surface area contributed by atoms with Gasteiger partial charge in [0, 0.05) is 38.8 Å². The lowest BCUT2D eigenvalue weighted by molar-refractivity contribution is 0.201. The standard InChI is InChI=1S/C58H84N2O10P2/c1-7-29-65-53-45-21-19-22-46(53)38-50-34-44(42-60-58(27-17-14-18-28-58)72(63,64)70-12-6)36-52(56(50)68-32-10-4)40-48-24-20-23-47(54(48)66-30-8-2)39-51-35-43(33-49(37-45)55(51)67-31-9-3)41-59-57(25-15-13-16-26-57)71(61,62)69-11-5/h19-24,33-36,59-60H,7-18,25-32,37-42H2,1-6H3,(H,61,62)(H,63,64). The Hall–Kier alpha value is -3.70. The molecule has 2 atom stereocenters. The van der Waals surface area contributed by atoms with Gasteiger partial charge in [-0.15, -0.1) is 0 Å². The number of benzene rings is 4. The van der Waals surface area contributed by atoms with Crippen molar-refractivity contribution < 1.29 is 46.9 Å².